The number of aliphatic carboxylic acids is 1. The number of hydrogen-bond donors (Lipinski definition) is 5. The summed E-state index contributed by atoms with van der Waals surface area (Å²) in [5.41, 5.74) is 4.98. The Balaban J connectivity index is 0. The molecule has 0 aliphatic heterocycles. The minimum Gasteiger partial charge on any atom is -0.480 e. The van der Waals surface area contributed by atoms with Crippen molar-refractivity contribution in [3.63, 3.8) is 0 Å². The molecule has 0 radical (unpaired) electrons. The number of amides is 3. The van der Waals surface area contributed by atoms with Gasteiger partial charge in [0, 0.05) is 12.7 Å². The Morgan fingerprint density at radius 2 is 1.84 bits per heavy atom. The van der Waals surface area contributed by atoms with E-state index in [9.17, 15) is 14.4 Å². The fourth-order valence-corrected chi connectivity index (χ4v) is 1.04. The molecule has 8 nitrogen and oxygen atoms in total. The van der Waals surface area contributed by atoms with Crippen molar-refractivity contribution in [2.24, 2.45) is 5.73 Å². The summed E-state index contributed by atoms with van der Waals surface area (Å²) < 4.78 is 0.0382. The number of carbonyl (C=O) groups excluding carboxylic acids is 2. The average Bonchev–Trinajstić information content (AvgIpc) is 2.25. The molecule has 19 heavy (non-hydrogen) atoms. The molecule has 0 saturated heterocycles. The molecule has 112 valence electrons. The largest absolute Gasteiger partial charge is 0.480 e. The molecule has 0 rings (SSSR count). The number of hydrogen-bond acceptors (Lipinski definition) is 5. The first-order valence-electron chi connectivity index (χ1n) is 5.43. The van der Waals surface area contributed by atoms with E-state index < -0.39 is 18.0 Å². The van der Waals surface area contributed by atoms with E-state index >= 15 is 0 Å². The van der Waals surface area contributed by atoms with Crippen LogP contribution in [0.3, 0.4) is 0 Å². The molecule has 0 spiro atoms. The zero-order chi connectivity index (χ0) is 15.6. The van der Waals surface area contributed by atoms with Gasteiger partial charge in [-0.2, -0.15) is 12.6 Å². The highest BCUT2D eigenvalue weighted by Gasteiger charge is 2.21. The van der Waals surface area contributed by atoms with Crippen LogP contribution in [0.5, 0.6) is 0 Å². The molecule has 5 N–H and O–H groups in total. The van der Waals surface area contributed by atoms with E-state index in [2.05, 4.69) is 17.9 Å². The summed E-state index contributed by atoms with van der Waals surface area (Å²) in [6.45, 7) is 1.62. The van der Waals surface area contributed by atoms with E-state index in [4.69, 9.17) is 15.9 Å². The molecule has 9 heteroatoms. The monoisotopic (exact) mass is 296 g/mol. The summed E-state index contributed by atoms with van der Waals surface area (Å²) in [4.78, 5) is 31.0. The number of carboxylic acid groups (broad SMARTS) is 1. The van der Waals surface area contributed by atoms with Crippen molar-refractivity contribution < 1.29 is 29.1 Å². The van der Waals surface area contributed by atoms with Gasteiger partial charge in [-0.05, 0) is 0 Å². The molecule has 0 bridgehead atoms. The number of likely N-dealkylation sites (N-methyl/N-ethyl adjacent to an activating group) is 1. The van der Waals surface area contributed by atoms with Gasteiger partial charge in [-0.3, -0.25) is 4.79 Å². The molecule has 0 aliphatic carbocycles. The predicted octanol–water partition coefficient (Wildman–Crippen LogP) is -1.36. The molecule has 0 aromatic carbocycles. The maximum atomic E-state index is 10.5. The lowest BCUT2D eigenvalue weighted by atomic mass is 10.3. The Bertz CT molecular complexity index is 322. The van der Waals surface area contributed by atoms with Crippen molar-refractivity contribution in [3.05, 3.63) is 0 Å². The van der Waals surface area contributed by atoms with Gasteiger partial charge in [0.2, 0.25) is 5.91 Å². The van der Waals surface area contributed by atoms with Crippen LogP contribution < -0.4 is 11.1 Å². The number of rotatable bonds is 5. The molecule has 0 fully saturated rings. The van der Waals surface area contributed by atoms with Crippen molar-refractivity contribution in [3.8, 4) is 0 Å². The van der Waals surface area contributed by atoms with Crippen LogP contribution in [0.15, 0.2) is 0 Å². The van der Waals surface area contributed by atoms with Crippen LogP contribution in [0.25, 0.3) is 0 Å². The Labute approximate surface area is 117 Å². The zero-order valence-corrected chi connectivity index (χ0v) is 12.2. The fraction of sp³-hybridized carbons (Fsp3) is 0.700. The number of aliphatic hydroxyl groups is 1. The number of primary amides is 1. The minimum atomic E-state index is -1.06. The first kappa shape index (κ1) is 20.0. The van der Waals surface area contributed by atoms with Crippen LogP contribution in [-0.2, 0) is 9.59 Å². The average molecular weight is 296 g/mol. The van der Waals surface area contributed by atoms with E-state index in [0.29, 0.717) is 6.54 Å². The van der Waals surface area contributed by atoms with Gasteiger partial charge in [0.1, 0.15) is 12.6 Å². The number of aliphatic hydroxyl groups excluding tert-OH is 1. The summed E-state index contributed by atoms with van der Waals surface area (Å²) in [5.74, 6) is -1.32. The molecule has 1 atom stereocenters. The van der Waals surface area contributed by atoms with E-state index in [-0.39, 0.29) is 22.7 Å². The van der Waals surface area contributed by atoms with Crippen LogP contribution >= 0.6 is 12.6 Å². The SMILES string of the molecule is CC(=O)N[C@@H](CS)C(=O)O.C[N+](C)(CCO)C(N)=O. The Morgan fingerprint density at radius 1 is 1.37 bits per heavy atom. The molecule has 0 aromatic heterocycles. The van der Waals surface area contributed by atoms with Gasteiger partial charge in [-0.15, -0.1) is 0 Å². The van der Waals surface area contributed by atoms with Gasteiger partial charge < -0.3 is 21.3 Å². The highest BCUT2D eigenvalue weighted by Crippen LogP contribution is 1.93. The van der Waals surface area contributed by atoms with Crippen LogP contribution in [0, 0.1) is 0 Å². The molecule has 3 amide bonds. The van der Waals surface area contributed by atoms with Crippen LogP contribution in [0.2, 0.25) is 0 Å². The van der Waals surface area contributed by atoms with Gasteiger partial charge in [-0.1, -0.05) is 0 Å². The Hall–Kier alpha value is -1.32. The standard InChI is InChI=1S/C5H12N2O2.C5H9NO3S/c1-7(2,3-4-8)5(6)9;1-3(7)6-4(2-10)5(8)9/h8H,3-4H2,1-2H3,(H-,6,9);4,10H,2H2,1H3,(H,6,7)(H,8,9)/p+1/t;4-/m.0/s1. The smallest absolute Gasteiger partial charge is 0.413 e. The summed E-state index contributed by atoms with van der Waals surface area (Å²) in [5, 5.41) is 19.0. The second-order valence-electron chi connectivity index (χ2n) is 4.24. The number of nitrogens with zero attached hydrogens (tertiary/aromatic N) is 1. The van der Waals surface area contributed by atoms with Crippen molar-refractivity contribution >= 4 is 30.5 Å². The summed E-state index contributed by atoms with van der Waals surface area (Å²) in [6, 6.07) is -1.30. The lowest BCUT2D eigenvalue weighted by molar-refractivity contribution is -0.808. The van der Waals surface area contributed by atoms with Gasteiger partial charge >= 0.3 is 12.0 Å². The minimum absolute atomic E-state index is 0.0179. The Kier molecular flexibility index (Phi) is 10.1. The molecular weight excluding hydrogens is 274 g/mol. The number of thiol groups is 1. The Morgan fingerprint density at radius 3 is 1.95 bits per heavy atom. The van der Waals surface area contributed by atoms with E-state index in [0.717, 1.165) is 0 Å². The maximum absolute atomic E-state index is 10.5. The first-order valence-corrected chi connectivity index (χ1v) is 6.06. The molecular formula is C10H22N3O5S+. The van der Waals surface area contributed by atoms with Gasteiger partial charge in [-0.25, -0.2) is 14.1 Å². The van der Waals surface area contributed by atoms with Gasteiger partial charge in [0.05, 0.1) is 20.7 Å². The highest BCUT2D eigenvalue weighted by molar-refractivity contribution is 7.80. The second-order valence-corrected chi connectivity index (χ2v) is 4.61. The second kappa shape index (κ2) is 9.59. The topological polar surface area (TPSA) is 130 Å². The lowest BCUT2D eigenvalue weighted by Gasteiger charge is -2.22. The van der Waals surface area contributed by atoms with E-state index in [1.807, 2.05) is 0 Å². The fourth-order valence-electron chi connectivity index (χ4n) is 0.791. The zero-order valence-electron chi connectivity index (χ0n) is 11.3. The molecule has 0 aliphatic rings. The van der Waals surface area contributed by atoms with Crippen molar-refractivity contribution in [2.45, 2.75) is 13.0 Å². The summed E-state index contributed by atoms with van der Waals surface area (Å²) >= 11 is 3.73. The van der Waals surface area contributed by atoms with Crippen LogP contribution in [-0.4, -0.2) is 71.6 Å². The normalized spacial score (nSPS) is 11.8. The highest BCUT2D eigenvalue weighted by atomic mass is 32.1. The van der Waals surface area contributed by atoms with E-state index in [1.54, 1.807) is 14.1 Å². The number of carboxylic acids is 1. The third kappa shape index (κ3) is 10.3. The summed E-state index contributed by atoms with van der Waals surface area (Å²) in [7, 11) is 3.30. The molecule has 0 heterocycles. The van der Waals surface area contributed by atoms with Crippen LogP contribution in [0.4, 0.5) is 4.79 Å². The van der Waals surface area contributed by atoms with Crippen LogP contribution in [0.1, 0.15) is 6.92 Å². The summed E-state index contributed by atoms with van der Waals surface area (Å²) in [6.07, 6.45) is 0. The van der Waals surface area contributed by atoms with Gasteiger partial charge in [0.15, 0.2) is 0 Å². The maximum Gasteiger partial charge on any atom is 0.413 e. The number of urea groups is 1. The number of quaternary nitrogens is 1. The third-order valence-corrected chi connectivity index (χ3v) is 2.48. The van der Waals surface area contributed by atoms with Gasteiger partial charge in [0.25, 0.3) is 0 Å². The molecule has 0 aromatic rings. The van der Waals surface area contributed by atoms with E-state index in [1.165, 1.54) is 6.92 Å². The van der Waals surface area contributed by atoms with Crippen molar-refractivity contribution in [2.75, 3.05) is 33.0 Å². The molecule has 0 unspecified atom stereocenters. The lowest BCUT2D eigenvalue weighted by Crippen LogP contribution is -2.50. The third-order valence-electron chi connectivity index (χ3n) is 2.11. The number of carbonyl (C=O) groups is 3. The number of nitrogens with two attached hydrogens (primary N) is 1. The van der Waals surface area contributed by atoms with Crippen molar-refractivity contribution in [1.29, 1.82) is 0 Å². The van der Waals surface area contributed by atoms with Crippen molar-refractivity contribution in [1.82, 2.24) is 5.32 Å². The quantitative estimate of drug-likeness (QED) is 0.316. The molecule has 0 saturated carbocycles. The number of nitrogens with one attached hydrogen (secondary N) is 1. The predicted molar refractivity (Wildman–Crippen MR) is 72.7 cm³/mol. The first-order chi connectivity index (χ1) is 8.58.